The van der Waals surface area contributed by atoms with Gasteiger partial charge in [0, 0.05) is 24.5 Å². The van der Waals surface area contributed by atoms with E-state index in [4.69, 9.17) is 10.7 Å². The summed E-state index contributed by atoms with van der Waals surface area (Å²) in [6, 6.07) is 10.8. The standard InChI is InChI=1S/C16H21N3/c1-11-9-13-5-3-4-6-15(13)18-16(11)19-8-7-14(10-19)12(2)17/h3-6,9,12,14H,7-8,10,17H2,1-2H3. The second-order valence-corrected chi connectivity index (χ2v) is 5.68. The molecule has 19 heavy (non-hydrogen) atoms. The van der Waals surface area contributed by atoms with Crippen LogP contribution in [0.5, 0.6) is 0 Å². The number of hydrogen-bond donors (Lipinski definition) is 1. The zero-order chi connectivity index (χ0) is 13.4. The highest BCUT2D eigenvalue weighted by molar-refractivity contribution is 5.81. The van der Waals surface area contributed by atoms with Crippen LogP contribution in [0, 0.1) is 12.8 Å². The molecule has 0 spiro atoms. The van der Waals surface area contributed by atoms with Gasteiger partial charge in [-0.15, -0.1) is 0 Å². The molecule has 2 heterocycles. The highest BCUT2D eigenvalue weighted by Gasteiger charge is 2.26. The number of rotatable bonds is 2. The minimum absolute atomic E-state index is 0.269. The van der Waals surface area contributed by atoms with Gasteiger partial charge in [-0.2, -0.15) is 0 Å². The lowest BCUT2D eigenvalue weighted by Gasteiger charge is -2.21. The Labute approximate surface area is 114 Å². The molecule has 100 valence electrons. The van der Waals surface area contributed by atoms with Crippen LogP contribution in [0.25, 0.3) is 10.9 Å². The van der Waals surface area contributed by atoms with Crippen molar-refractivity contribution in [2.24, 2.45) is 11.7 Å². The fourth-order valence-electron chi connectivity index (χ4n) is 2.94. The van der Waals surface area contributed by atoms with Crippen molar-refractivity contribution in [3.8, 4) is 0 Å². The summed E-state index contributed by atoms with van der Waals surface area (Å²) in [5.41, 5.74) is 8.35. The van der Waals surface area contributed by atoms with E-state index in [-0.39, 0.29) is 6.04 Å². The van der Waals surface area contributed by atoms with E-state index in [1.807, 2.05) is 6.07 Å². The Morgan fingerprint density at radius 1 is 1.37 bits per heavy atom. The first-order chi connectivity index (χ1) is 9.15. The van der Waals surface area contributed by atoms with Crippen molar-refractivity contribution in [2.45, 2.75) is 26.3 Å². The van der Waals surface area contributed by atoms with Crippen LogP contribution >= 0.6 is 0 Å². The van der Waals surface area contributed by atoms with Crippen molar-refractivity contribution >= 4 is 16.7 Å². The van der Waals surface area contributed by atoms with Gasteiger partial charge >= 0.3 is 0 Å². The summed E-state index contributed by atoms with van der Waals surface area (Å²) in [6.07, 6.45) is 1.17. The van der Waals surface area contributed by atoms with Gasteiger partial charge in [-0.25, -0.2) is 4.98 Å². The van der Waals surface area contributed by atoms with E-state index in [9.17, 15) is 0 Å². The molecule has 1 fully saturated rings. The van der Waals surface area contributed by atoms with Crippen LogP contribution in [-0.4, -0.2) is 24.1 Å². The van der Waals surface area contributed by atoms with Crippen LogP contribution in [0.4, 0.5) is 5.82 Å². The summed E-state index contributed by atoms with van der Waals surface area (Å²) in [4.78, 5) is 7.22. The van der Waals surface area contributed by atoms with Crippen LogP contribution in [-0.2, 0) is 0 Å². The lowest BCUT2D eigenvalue weighted by Crippen LogP contribution is -2.30. The average Bonchev–Trinajstić information content (AvgIpc) is 2.87. The Bertz CT molecular complexity index is 592. The molecule has 1 aromatic carbocycles. The number of para-hydroxylation sites is 1. The number of pyridine rings is 1. The third-order valence-corrected chi connectivity index (χ3v) is 4.16. The zero-order valence-electron chi connectivity index (χ0n) is 11.6. The fraction of sp³-hybridized carbons (Fsp3) is 0.438. The molecule has 0 saturated carbocycles. The van der Waals surface area contributed by atoms with Gasteiger partial charge in [0.15, 0.2) is 0 Å². The van der Waals surface area contributed by atoms with Gasteiger partial charge in [-0.1, -0.05) is 18.2 Å². The SMILES string of the molecule is Cc1cc2ccccc2nc1N1CCC(C(C)N)C1. The highest BCUT2D eigenvalue weighted by Crippen LogP contribution is 2.28. The minimum atomic E-state index is 0.269. The number of nitrogens with zero attached hydrogens (tertiary/aromatic N) is 2. The van der Waals surface area contributed by atoms with Gasteiger partial charge in [-0.3, -0.25) is 0 Å². The Morgan fingerprint density at radius 3 is 2.89 bits per heavy atom. The van der Waals surface area contributed by atoms with Crippen molar-refractivity contribution in [1.82, 2.24) is 4.98 Å². The van der Waals surface area contributed by atoms with Crippen molar-refractivity contribution in [2.75, 3.05) is 18.0 Å². The lowest BCUT2D eigenvalue weighted by molar-refractivity contribution is 0.488. The van der Waals surface area contributed by atoms with Crippen molar-refractivity contribution in [1.29, 1.82) is 0 Å². The molecule has 2 atom stereocenters. The van der Waals surface area contributed by atoms with E-state index in [1.165, 1.54) is 17.4 Å². The molecule has 1 saturated heterocycles. The Kier molecular flexibility index (Phi) is 3.15. The van der Waals surface area contributed by atoms with Gasteiger partial charge in [0.2, 0.25) is 0 Å². The predicted octanol–water partition coefficient (Wildman–Crippen LogP) is 2.72. The van der Waals surface area contributed by atoms with Crippen LogP contribution in [0.3, 0.4) is 0 Å². The highest BCUT2D eigenvalue weighted by atomic mass is 15.2. The van der Waals surface area contributed by atoms with E-state index in [1.54, 1.807) is 0 Å². The van der Waals surface area contributed by atoms with Crippen molar-refractivity contribution < 1.29 is 0 Å². The van der Waals surface area contributed by atoms with Crippen LogP contribution in [0.2, 0.25) is 0 Å². The molecule has 2 unspecified atom stereocenters. The minimum Gasteiger partial charge on any atom is -0.356 e. The summed E-state index contributed by atoms with van der Waals surface area (Å²) in [6.45, 7) is 6.35. The first kappa shape index (κ1) is 12.4. The van der Waals surface area contributed by atoms with Gasteiger partial charge in [-0.05, 0) is 43.9 Å². The number of hydrogen-bond acceptors (Lipinski definition) is 3. The number of aryl methyl sites for hydroxylation is 1. The second kappa shape index (κ2) is 4.82. The smallest absolute Gasteiger partial charge is 0.132 e. The van der Waals surface area contributed by atoms with E-state index in [0.717, 1.165) is 24.4 Å². The summed E-state index contributed by atoms with van der Waals surface area (Å²) in [5.74, 6) is 1.72. The Balaban J connectivity index is 1.95. The maximum Gasteiger partial charge on any atom is 0.132 e. The number of fused-ring (bicyclic) bond motifs is 1. The zero-order valence-corrected chi connectivity index (χ0v) is 11.6. The molecule has 1 aliphatic rings. The predicted molar refractivity (Wildman–Crippen MR) is 80.4 cm³/mol. The lowest BCUT2D eigenvalue weighted by atomic mass is 10.0. The molecule has 0 radical (unpaired) electrons. The van der Waals surface area contributed by atoms with E-state index < -0.39 is 0 Å². The van der Waals surface area contributed by atoms with Crippen LogP contribution in [0.15, 0.2) is 30.3 Å². The fourth-order valence-corrected chi connectivity index (χ4v) is 2.94. The molecule has 1 aromatic heterocycles. The maximum atomic E-state index is 6.02. The molecular weight excluding hydrogens is 234 g/mol. The molecule has 1 aliphatic heterocycles. The van der Waals surface area contributed by atoms with Crippen LogP contribution in [0.1, 0.15) is 18.9 Å². The molecule has 3 rings (SSSR count). The molecule has 3 nitrogen and oxygen atoms in total. The molecule has 2 aromatic rings. The molecule has 2 N–H and O–H groups in total. The second-order valence-electron chi connectivity index (χ2n) is 5.68. The quantitative estimate of drug-likeness (QED) is 0.897. The largest absolute Gasteiger partial charge is 0.356 e. The molecule has 3 heteroatoms. The first-order valence-electron chi connectivity index (χ1n) is 7.02. The number of aromatic nitrogens is 1. The molecule has 0 aliphatic carbocycles. The topological polar surface area (TPSA) is 42.2 Å². The van der Waals surface area contributed by atoms with E-state index >= 15 is 0 Å². The maximum absolute atomic E-state index is 6.02. The summed E-state index contributed by atoms with van der Waals surface area (Å²) in [7, 11) is 0. The van der Waals surface area contributed by atoms with Gasteiger partial charge in [0.05, 0.1) is 5.52 Å². The molecule has 0 amide bonds. The third-order valence-electron chi connectivity index (χ3n) is 4.16. The number of anilines is 1. The van der Waals surface area contributed by atoms with E-state index in [2.05, 4.69) is 43.0 Å². The Morgan fingerprint density at radius 2 is 2.16 bits per heavy atom. The van der Waals surface area contributed by atoms with Crippen molar-refractivity contribution in [3.05, 3.63) is 35.9 Å². The summed E-state index contributed by atoms with van der Waals surface area (Å²) >= 11 is 0. The van der Waals surface area contributed by atoms with Gasteiger partial charge in [0.1, 0.15) is 5.82 Å². The monoisotopic (exact) mass is 255 g/mol. The van der Waals surface area contributed by atoms with Crippen molar-refractivity contribution in [3.63, 3.8) is 0 Å². The van der Waals surface area contributed by atoms with E-state index in [0.29, 0.717) is 5.92 Å². The molecule has 0 bridgehead atoms. The number of benzene rings is 1. The number of nitrogens with two attached hydrogens (primary N) is 1. The first-order valence-corrected chi connectivity index (χ1v) is 7.02. The Hall–Kier alpha value is -1.61. The summed E-state index contributed by atoms with van der Waals surface area (Å²) in [5, 5.41) is 1.21. The van der Waals surface area contributed by atoms with Crippen LogP contribution < -0.4 is 10.6 Å². The normalized spacial score (nSPS) is 21.0. The van der Waals surface area contributed by atoms with Gasteiger partial charge in [0.25, 0.3) is 0 Å². The third kappa shape index (κ3) is 2.30. The van der Waals surface area contributed by atoms with Gasteiger partial charge < -0.3 is 10.6 Å². The summed E-state index contributed by atoms with van der Waals surface area (Å²) < 4.78 is 0. The average molecular weight is 255 g/mol. The molecular formula is C16H21N3.